The lowest BCUT2D eigenvalue weighted by Gasteiger charge is -2.27. The van der Waals surface area contributed by atoms with Gasteiger partial charge in [0.25, 0.3) is 0 Å². The minimum Gasteiger partial charge on any atom is -0.309 e. The second kappa shape index (κ2) is 6.18. The van der Waals surface area contributed by atoms with Gasteiger partial charge in [-0.25, -0.2) is 18.7 Å². The number of pyridine rings is 1. The lowest BCUT2D eigenvalue weighted by atomic mass is 9.86. The van der Waals surface area contributed by atoms with Crippen molar-refractivity contribution in [3.63, 3.8) is 0 Å². The van der Waals surface area contributed by atoms with Gasteiger partial charge in [-0.05, 0) is 25.0 Å². The summed E-state index contributed by atoms with van der Waals surface area (Å²) in [6.07, 6.45) is 3.45. The Balaban J connectivity index is 1.63. The number of thiazole rings is 1. The molecule has 3 heterocycles. The molecule has 1 saturated carbocycles. The number of fused-ring (bicyclic) bond motifs is 1. The van der Waals surface area contributed by atoms with E-state index in [1.165, 1.54) is 11.3 Å². The fourth-order valence-corrected chi connectivity index (χ4v) is 3.83. The van der Waals surface area contributed by atoms with Crippen LogP contribution in [0.2, 0.25) is 0 Å². The third kappa shape index (κ3) is 3.13. The maximum Gasteiger partial charge on any atom is 0.248 e. The highest BCUT2D eigenvalue weighted by atomic mass is 32.1. The molecule has 0 unspecified atom stereocenters. The van der Waals surface area contributed by atoms with E-state index in [9.17, 15) is 13.6 Å². The van der Waals surface area contributed by atoms with Gasteiger partial charge in [0.1, 0.15) is 16.3 Å². The van der Waals surface area contributed by atoms with Gasteiger partial charge in [-0.3, -0.25) is 9.20 Å². The van der Waals surface area contributed by atoms with Gasteiger partial charge in [0.15, 0.2) is 5.82 Å². The van der Waals surface area contributed by atoms with Crippen LogP contribution in [-0.4, -0.2) is 26.2 Å². The average Bonchev–Trinajstić information content (AvgIpc) is 3.21. The minimum atomic E-state index is -2.65. The number of hydrogen-bond donors (Lipinski definition) is 1. The number of halogens is 2. The van der Waals surface area contributed by atoms with Crippen LogP contribution in [0.15, 0.2) is 36.0 Å². The molecule has 1 amide bonds. The summed E-state index contributed by atoms with van der Waals surface area (Å²) in [7, 11) is 0. The van der Waals surface area contributed by atoms with Crippen LogP contribution < -0.4 is 5.32 Å². The quantitative estimate of drug-likeness (QED) is 0.759. The highest BCUT2D eigenvalue weighted by molar-refractivity contribution is 7.13. The summed E-state index contributed by atoms with van der Waals surface area (Å²) in [5.74, 6) is -2.89. The molecular formula is C17H16F2N4OS. The largest absolute Gasteiger partial charge is 0.309 e. The zero-order chi connectivity index (χ0) is 17.4. The number of carbonyl (C=O) groups is 1. The van der Waals surface area contributed by atoms with Crippen LogP contribution >= 0.6 is 11.3 Å². The molecular weight excluding hydrogens is 346 g/mol. The molecule has 0 aromatic carbocycles. The fourth-order valence-electron chi connectivity index (χ4n) is 3.15. The Bertz CT molecular complexity index is 897. The van der Waals surface area contributed by atoms with Crippen molar-refractivity contribution in [2.75, 3.05) is 5.32 Å². The van der Waals surface area contributed by atoms with E-state index in [-0.39, 0.29) is 31.6 Å². The Kier molecular flexibility index (Phi) is 3.99. The number of hydrogen-bond acceptors (Lipinski definition) is 4. The highest BCUT2D eigenvalue weighted by Gasteiger charge is 2.37. The number of amides is 1. The summed E-state index contributed by atoms with van der Waals surface area (Å²) < 4.78 is 28.5. The van der Waals surface area contributed by atoms with Crippen molar-refractivity contribution in [1.29, 1.82) is 0 Å². The van der Waals surface area contributed by atoms with Crippen LogP contribution in [-0.2, 0) is 4.79 Å². The van der Waals surface area contributed by atoms with Crippen LogP contribution in [0, 0.1) is 5.92 Å². The van der Waals surface area contributed by atoms with Crippen LogP contribution in [0.1, 0.15) is 25.7 Å². The first-order valence-corrected chi connectivity index (χ1v) is 8.97. The molecule has 4 rings (SSSR count). The Labute approximate surface area is 146 Å². The van der Waals surface area contributed by atoms with E-state index in [1.807, 2.05) is 34.2 Å². The lowest BCUT2D eigenvalue weighted by Crippen LogP contribution is -2.32. The number of anilines is 1. The second-order valence-corrected chi connectivity index (χ2v) is 7.09. The van der Waals surface area contributed by atoms with E-state index < -0.39 is 11.8 Å². The predicted octanol–water partition coefficient (Wildman–Crippen LogP) is 4.22. The molecule has 1 fully saturated rings. The van der Waals surface area contributed by atoms with Crippen LogP contribution in [0.25, 0.3) is 16.3 Å². The molecule has 1 N–H and O–H groups in total. The van der Waals surface area contributed by atoms with Gasteiger partial charge in [0, 0.05) is 36.5 Å². The maximum atomic E-state index is 13.3. The first-order valence-electron chi connectivity index (χ1n) is 8.09. The SMILES string of the molecule is O=C(Nc1nc2ccccn2c1-c1nccs1)C1CCC(F)(F)CC1. The van der Waals surface area contributed by atoms with E-state index in [0.29, 0.717) is 17.2 Å². The van der Waals surface area contributed by atoms with E-state index in [4.69, 9.17) is 0 Å². The van der Waals surface area contributed by atoms with Crippen molar-refractivity contribution in [3.05, 3.63) is 36.0 Å². The Hall–Kier alpha value is -2.35. The van der Waals surface area contributed by atoms with Crippen LogP contribution in [0.4, 0.5) is 14.6 Å². The van der Waals surface area contributed by atoms with Gasteiger partial charge in [-0.1, -0.05) is 6.07 Å². The molecule has 0 radical (unpaired) electrons. The summed E-state index contributed by atoms with van der Waals surface area (Å²) >= 11 is 1.45. The molecule has 3 aromatic heterocycles. The van der Waals surface area contributed by atoms with E-state index >= 15 is 0 Å². The van der Waals surface area contributed by atoms with Crippen molar-refractivity contribution in [3.8, 4) is 10.7 Å². The van der Waals surface area contributed by atoms with Crippen molar-refractivity contribution >= 4 is 28.7 Å². The molecule has 1 aliphatic carbocycles. The first-order chi connectivity index (χ1) is 12.0. The molecule has 130 valence electrons. The molecule has 0 spiro atoms. The number of rotatable bonds is 3. The summed E-state index contributed by atoms with van der Waals surface area (Å²) in [5, 5.41) is 5.43. The highest BCUT2D eigenvalue weighted by Crippen LogP contribution is 2.37. The van der Waals surface area contributed by atoms with Gasteiger partial charge in [-0.15, -0.1) is 11.3 Å². The molecule has 1 aliphatic rings. The normalized spacial score (nSPS) is 17.7. The zero-order valence-corrected chi connectivity index (χ0v) is 14.1. The molecule has 5 nitrogen and oxygen atoms in total. The molecule has 0 bridgehead atoms. The number of aromatic nitrogens is 3. The predicted molar refractivity (Wildman–Crippen MR) is 91.8 cm³/mol. The Morgan fingerprint density at radius 1 is 1.32 bits per heavy atom. The number of nitrogens with zero attached hydrogens (tertiary/aromatic N) is 3. The fraction of sp³-hybridized carbons (Fsp3) is 0.353. The molecule has 25 heavy (non-hydrogen) atoms. The van der Waals surface area contributed by atoms with Crippen molar-refractivity contribution in [1.82, 2.24) is 14.4 Å². The molecule has 0 aliphatic heterocycles. The Morgan fingerprint density at radius 3 is 2.84 bits per heavy atom. The van der Waals surface area contributed by atoms with Crippen LogP contribution in [0.3, 0.4) is 0 Å². The first kappa shape index (κ1) is 16.1. The summed E-state index contributed by atoms with van der Waals surface area (Å²) in [4.78, 5) is 21.4. The van der Waals surface area contributed by atoms with Gasteiger partial charge >= 0.3 is 0 Å². The summed E-state index contributed by atoms with van der Waals surface area (Å²) in [5.41, 5.74) is 1.40. The standard InChI is InChI=1S/C17H16F2N4OS/c18-17(19)6-4-11(5-7-17)15(24)22-14-13(16-20-8-10-25-16)23-9-2-1-3-12(23)21-14/h1-3,8-11H,4-7H2,(H,22,24). The van der Waals surface area contributed by atoms with Gasteiger partial charge in [-0.2, -0.15) is 0 Å². The van der Waals surface area contributed by atoms with Gasteiger partial charge in [0.05, 0.1) is 0 Å². The number of nitrogens with one attached hydrogen (secondary N) is 1. The molecule has 0 atom stereocenters. The molecule has 0 saturated heterocycles. The number of carbonyl (C=O) groups excluding carboxylic acids is 1. The van der Waals surface area contributed by atoms with Gasteiger partial charge < -0.3 is 5.32 Å². The zero-order valence-electron chi connectivity index (χ0n) is 13.3. The monoisotopic (exact) mass is 362 g/mol. The summed E-state index contributed by atoms with van der Waals surface area (Å²) in [6, 6.07) is 5.58. The third-order valence-electron chi connectivity index (χ3n) is 4.49. The molecule has 3 aromatic rings. The van der Waals surface area contributed by atoms with Crippen molar-refractivity contribution in [2.45, 2.75) is 31.6 Å². The number of imidazole rings is 1. The summed E-state index contributed by atoms with van der Waals surface area (Å²) in [6.45, 7) is 0. The van der Waals surface area contributed by atoms with Crippen molar-refractivity contribution in [2.24, 2.45) is 5.92 Å². The topological polar surface area (TPSA) is 59.3 Å². The van der Waals surface area contributed by atoms with E-state index in [0.717, 1.165) is 5.01 Å². The Morgan fingerprint density at radius 2 is 2.12 bits per heavy atom. The molecule has 8 heteroatoms. The second-order valence-electron chi connectivity index (χ2n) is 6.19. The van der Waals surface area contributed by atoms with E-state index in [2.05, 4.69) is 15.3 Å². The minimum absolute atomic E-state index is 0.193. The van der Waals surface area contributed by atoms with Gasteiger partial charge in [0.2, 0.25) is 11.8 Å². The average molecular weight is 362 g/mol. The van der Waals surface area contributed by atoms with Crippen LogP contribution in [0.5, 0.6) is 0 Å². The number of alkyl halides is 2. The van der Waals surface area contributed by atoms with E-state index in [1.54, 1.807) is 6.20 Å². The third-order valence-corrected chi connectivity index (χ3v) is 5.27. The lowest BCUT2D eigenvalue weighted by molar-refractivity contribution is -0.124. The maximum absolute atomic E-state index is 13.3. The smallest absolute Gasteiger partial charge is 0.248 e. The van der Waals surface area contributed by atoms with Crippen molar-refractivity contribution < 1.29 is 13.6 Å².